The third kappa shape index (κ3) is 4.16. The molecule has 0 bridgehead atoms. The summed E-state index contributed by atoms with van der Waals surface area (Å²) < 4.78 is 12.9. The summed E-state index contributed by atoms with van der Waals surface area (Å²) in [4.78, 5) is 4.71. The van der Waals surface area contributed by atoms with Gasteiger partial charge < -0.3 is 15.3 Å². The second-order valence-electron chi connectivity index (χ2n) is 5.26. The Hall–Kier alpha value is -1.17. The summed E-state index contributed by atoms with van der Waals surface area (Å²) >= 11 is 0. The molecule has 1 atom stereocenters. The molecule has 0 saturated carbocycles. The van der Waals surface area contributed by atoms with Crippen LogP contribution in [0.25, 0.3) is 0 Å². The molecule has 20 heavy (non-hydrogen) atoms. The van der Waals surface area contributed by atoms with Gasteiger partial charge in [-0.05, 0) is 44.3 Å². The Morgan fingerprint density at radius 1 is 1.20 bits per heavy atom. The molecule has 0 amide bonds. The van der Waals surface area contributed by atoms with Crippen LogP contribution in [0.2, 0.25) is 0 Å². The lowest BCUT2D eigenvalue weighted by Crippen LogP contribution is -2.47. The summed E-state index contributed by atoms with van der Waals surface area (Å²) in [5, 5.41) is 12.3. The minimum absolute atomic E-state index is 0.185. The van der Waals surface area contributed by atoms with Gasteiger partial charge in [0.05, 0.1) is 6.61 Å². The Morgan fingerprint density at radius 3 is 2.40 bits per heavy atom. The molecule has 2 N–H and O–H groups in total. The minimum atomic E-state index is -0.186. The van der Waals surface area contributed by atoms with Crippen molar-refractivity contribution in [2.24, 2.45) is 0 Å². The first-order valence-corrected chi connectivity index (χ1v) is 7.24. The Labute approximate surface area is 120 Å². The number of hydrogen-bond acceptors (Lipinski definition) is 4. The number of aliphatic hydroxyl groups excluding tert-OH is 1. The average molecular weight is 281 g/mol. The van der Waals surface area contributed by atoms with Crippen molar-refractivity contribution in [3.63, 3.8) is 0 Å². The molecule has 0 radical (unpaired) electrons. The number of rotatable bonds is 6. The smallest absolute Gasteiger partial charge is 0.123 e. The first kappa shape index (κ1) is 15.2. The van der Waals surface area contributed by atoms with Crippen molar-refractivity contribution in [1.29, 1.82) is 0 Å². The molecule has 5 heteroatoms. The van der Waals surface area contributed by atoms with E-state index in [9.17, 15) is 4.39 Å². The summed E-state index contributed by atoms with van der Waals surface area (Å²) in [6.45, 7) is 5.15. The largest absolute Gasteiger partial charge is 0.395 e. The van der Waals surface area contributed by atoms with Crippen LogP contribution in [0.3, 0.4) is 0 Å². The van der Waals surface area contributed by atoms with Crippen LogP contribution < -0.4 is 10.2 Å². The van der Waals surface area contributed by atoms with Crippen LogP contribution in [0.15, 0.2) is 24.3 Å². The lowest BCUT2D eigenvalue weighted by atomic mass is 10.2. The highest BCUT2D eigenvalue weighted by molar-refractivity contribution is 5.46. The van der Waals surface area contributed by atoms with Crippen LogP contribution in [-0.2, 0) is 0 Å². The summed E-state index contributed by atoms with van der Waals surface area (Å²) in [6, 6.07) is 6.90. The van der Waals surface area contributed by atoms with Crippen molar-refractivity contribution in [1.82, 2.24) is 10.2 Å². The average Bonchev–Trinajstić information content (AvgIpc) is 2.50. The van der Waals surface area contributed by atoms with Crippen LogP contribution in [0.5, 0.6) is 0 Å². The van der Waals surface area contributed by atoms with Crippen LogP contribution >= 0.6 is 0 Å². The highest BCUT2D eigenvalue weighted by atomic mass is 19.1. The molecule has 1 aliphatic rings. The predicted octanol–water partition coefficient (Wildman–Crippen LogP) is 0.918. The molecule has 2 rings (SSSR count). The Kier molecular flexibility index (Phi) is 5.76. The number of aliphatic hydroxyl groups is 1. The summed E-state index contributed by atoms with van der Waals surface area (Å²) in [6.07, 6.45) is 0.962. The highest BCUT2D eigenvalue weighted by Crippen LogP contribution is 2.17. The van der Waals surface area contributed by atoms with E-state index in [1.165, 1.54) is 12.1 Å². The van der Waals surface area contributed by atoms with Gasteiger partial charge in [0.2, 0.25) is 0 Å². The molecule has 1 unspecified atom stereocenters. The molecule has 1 aromatic carbocycles. The van der Waals surface area contributed by atoms with Crippen LogP contribution in [-0.4, -0.2) is 62.4 Å². The summed E-state index contributed by atoms with van der Waals surface area (Å²) in [5.74, 6) is -0.186. The van der Waals surface area contributed by atoms with E-state index in [2.05, 4.69) is 15.1 Å². The van der Waals surface area contributed by atoms with Gasteiger partial charge in [-0.3, -0.25) is 4.90 Å². The number of hydrogen-bond donors (Lipinski definition) is 2. The zero-order valence-corrected chi connectivity index (χ0v) is 12.1. The maximum atomic E-state index is 12.9. The van der Waals surface area contributed by atoms with E-state index in [-0.39, 0.29) is 18.5 Å². The predicted molar refractivity (Wildman–Crippen MR) is 79.6 cm³/mol. The van der Waals surface area contributed by atoms with E-state index >= 15 is 0 Å². The van der Waals surface area contributed by atoms with Crippen molar-refractivity contribution in [3.05, 3.63) is 30.1 Å². The van der Waals surface area contributed by atoms with Gasteiger partial charge in [-0.1, -0.05) is 0 Å². The maximum absolute atomic E-state index is 12.9. The minimum Gasteiger partial charge on any atom is -0.395 e. The summed E-state index contributed by atoms with van der Waals surface area (Å²) in [5.41, 5.74) is 1.09. The topological polar surface area (TPSA) is 38.7 Å². The fourth-order valence-corrected chi connectivity index (χ4v) is 2.55. The van der Waals surface area contributed by atoms with Gasteiger partial charge in [-0.2, -0.15) is 0 Å². The highest BCUT2D eigenvalue weighted by Gasteiger charge is 2.17. The molecule has 0 spiro atoms. The zero-order valence-electron chi connectivity index (χ0n) is 12.1. The zero-order chi connectivity index (χ0) is 14.4. The number of nitrogens with one attached hydrogen (secondary N) is 1. The lowest BCUT2D eigenvalue weighted by molar-refractivity contribution is 0.205. The Morgan fingerprint density at radius 2 is 1.85 bits per heavy atom. The fourth-order valence-electron chi connectivity index (χ4n) is 2.55. The van der Waals surface area contributed by atoms with Gasteiger partial charge >= 0.3 is 0 Å². The Bertz CT molecular complexity index is 387. The SMILES string of the molecule is CNC(CO)CCN1CCN(c2ccc(F)cc2)CC1. The lowest BCUT2D eigenvalue weighted by Gasteiger charge is -2.36. The van der Waals surface area contributed by atoms with Crippen molar-refractivity contribution < 1.29 is 9.50 Å². The van der Waals surface area contributed by atoms with Crippen molar-refractivity contribution in [2.75, 3.05) is 51.3 Å². The fraction of sp³-hybridized carbons (Fsp3) is 0.600. The third-order valence-electron chi connectivity index (χ3n) is 3.99. The van der Waals surface area contributed by atoms with Crippen LogP contribution in [0.1, 0.15) is 6.42 Å². The van der Waals surface area contributed by atoms with Gasteiger partial charge in [0.15, 0.2) is 0 Å². The molecule has 1 heterocycles. The van der Waals surface area contributed by atoms with Crippen molar-refractivity contribution in [2.45, 2.75) is 12.5 Å². The Balaban J connectivity index is 1.76. The van der Waals surface area contributed by atoms with E-state index in [1.807, 2.05) is 19.2 Å². The molecule has 1 saturated heterocycles. The second-order valence-corrected chi connectivity index (χ2v) is 5.26. The summed E-state index contributed by atoms with van der Waals surface area (Å²) in [7, 11) is 1.88. The van der Waals surface area contributed by atoms with E-state index in [0.717, 1.165) is 44.8 Å². The van der Waals surface area contributed by atoms with Gasteiger partial charge in [0, 0.05) is 37.9 Å². The van der Waals surface area contributed by atoms with E-state index in [1.54, 1.807) is 0 Å². The number of likely N-dealkylation sites (N-methyl/N-ethyl adjacent to an activating group) is 1. The number of anilines is 1. The first-order chi connectivity index (χ1) is 9.72. The van der Waals surface area contributed by atoms with Crippen LogP contribution in [0.4, 0.5) is 10.1 Å². The molecule has 1 aromatic rings. The normalized spacial score (nSPS) is 18.2. The number of piperazine rings is 1. The molecule has 1 fully saturated rings. The number of halogens is 1. The van der Waals surface area contributed by atoms with Gasteiger partial charge in [0.1, 0.15) is 5.82 Å². The van der Waals surface area contributed by atoms with E-state index < -0.39 is 0 Å². The molecule has 1 aliphatic heterocycles. The van der Waals surface area contributed by atoms with E-state index in [0.29, 0.717) is 0 Å². The van der Waals surface area contributed by atoms with Crippen molar-refractivity contribution in [3.8, 4) is 0 Å². The third-order valence-corrected chi connectivity index (χ3v) is 3.99. The van der Waals surface area contributed by atoms with Gasteiger partial charge in [-0.25, -0.2) is 4.39 Å². The maximum Gasteiger partial charge on any atom is 0.123 e. The molecule has 0 aliphatic carbocycles. The first-order valence-electron chi connectivity index (χ1n) is 7.24. The number of benzene rings is 1. The van der Waals surface area contributed by atoms with Crippen LogP contribution in [0, 0.1) is 5.82 Å². The van der Waals surface area contributed by atoms with Gasteiger partial charge in [-0.15, -0.1) is 0 Å². The molecule has 0 aromatic heterocycles. The molecule has 112 valence electrons. The quantitative estimate of drug-likeness (QED) is 0.813. The monoisotopic (exact) mass is 281 g/mol. The molecular formula is C15H24FN3O. The molecular weight excluding hydrogens is 257 g/mol. The van der Waals surface area contributed by atoms with E-state index in [4.69, 9.17) is 5.11 Å². The number of nitrogens with zero attached hydrogens (tertiary/aromatic N) is 2. The van der Waals surface area contributed by atoms with Crippen molar-refractivity contribution >= 4 is 5.69 Å². The second kappa shape index (κ2) is 7.57. The standard InChI is InChI=1S/C15H24FN3O/c1-17-14(12-20)6-7-18-8-10-19(11-9-18)15-4-2-13(16)3-5-15/h2-5,14,17,20H,6-12H2,1H3. The molecule has 4 nitrogen and oxygen atoms in total. The van der Waals surface area contributed by atoms with Gasteiger partial charge in [0.25, 0.3) is 0 Å².